The van der Waals surface area contributed by atoms with E-state index in [4.69, 9.17) is 0 Å². The quantitative estimate of drug-likeness (QED) is 0.195. The molecule has 0 aromatic heterocycles. The smallest absolute Gasteiger partial charge is 0.264 e. The molecule has 0 aliphatic rings. The first-order valence-electron chi connectivity index (χ1n) is 15.0. The van der Waals surface area contributed by atoms with Gasteiger partial charge in [0.15, 0.2) is 0 Å². The van der Waals surface area contributed by atoms with E-state index in [2.05, 4.69) is 5.32 Å². The lowest BCUT2D eigenvalue weighted by atomic mass is 10.0. The SMILES string of the molecule is Cc1cccc(N(CC(=O)N(Cc2ccc(F)cc2)[C@H](Cc2ccccc2)C(=O)NCC(C)C)S(=O)(=O)c2ccccc2)c1C. The van der Waals surface area contributed by atoms with Crippen molar-refractivity contribution in [3.63, 3.8) is 0 Å². The monoisotopic (exact) mass is 629 g/mol. The van der Waals surface area contributed by atoms with Crippen molar-refractivity contribution < 1.29 is 22.4 Å². The van der Waals surface area contributed by atoms with Gasteiger partial charge in [-0.25, -0.2) is 12.8 Å². The Balaban J connectivity index is 1.82. The number of hydrogen-bond acceptors (Lipinski definition) is 4. The van der Waals surface area contributed by atoms with E-state index in [1.165, 1.54) is 29.2 Å². The standard InChI is InChI=1S/C36H40FN3O4S/c1-26(2)23-38-36(42)34(22-29-13-7-5-8-14-29)39(24-30-18-20-31(37)21-19-30)35(41)25-40(33-17-11-12-27(3)28(33)4)45(43,44)32-15-9-6-10-16-32/h5-21,26,34H,22-25H2,1-4H3,(H,38,42)/t34-/m1/s1. The molecule has 9 heteroatoms. The number of nitrogens with zero attached hydrogens (tertiary/aromatic N) is 2. The van der Waals surface area contributed by atoms with Crippen LogP contribution in [0, 0.1) is 25.6 Å². The Morgan fingerprint density at radius 3 is 2.04 bits per heavy atom. The van der Waals surface area contributed by atoms with Crippen LogP contribution in [0.2, 0.25) is 0 Å². The maximum absolute atomic E-state index is 14.5. The average Bonchev–Trinajstić information content (AvgIpc) is 3.03. The van der Waals surface area contributed by atoms with Gasteiger partial charge in [-0.2, -0.15) is 0 Å². The minimum atomic E-state index is -4.19. The van der Waals surface area contributed by atoms with E-state index in [1.807, 2.05) is 64.1 Å². The Kier molecular flexibility index (Phi) is 11.1. The zero-order chi connectivity index (χ0) is 32.6. The molecule has 45 heavy (non-hydrogen) atoms. The number of aryl methyl sites for hydroxylation is 1. The molecule has 0 heterocycles. The van der Waals surface area contributed by atoms with Crippen LogP contribution in [0.15, 0.2) is 108 Å². The Hall–Kier alpha value is -4.50. The molecule has 4 rings (SSSR count). The Morgan fingerprint density at radius 2 is 1.42 bits per heavy atom. The second-order valence-electron chi connectivity index (χ2n) is 11.5. The van der Waals surface area contributed by atoms with E-state index in [9.17, 15) is 22.4 Å². The third-order valence-corrected chi connectivity index (χ3v) is 9.45. The second-order valence-corrected chi connectivity index (χ2v) is 13.4. The van der Waals surface area contributed by atoms with Gasteiger partial charge in [0.05, 0.1) is 10.6 Å². The van der Waals surface area contributed by atoms with E-state index in [1.54, 1.807) is 42.5 Å². The largest absolute Gasteiger partial charge is 0.354 e. The molecular weight excluding hydrogens is 589 g/mol. The topological polar surface area (TPSA) is 86.8 Å². The van der Waals surface area contributed by atoms with Crippen LogP contribution >= 0.6 is 0 Å². The number of anilines is 1. The summed E-state index contributed by atoms with van der Waals surface area (Å²) in [6.45, 7) is 7.47. The lowest BCUT2D eigenvalue weighted by Gasteiger charge is -2.34. The summed E-state index contributed by atoms with van der Waals surface area (Å²) >= 11 is 0. The van der Waals surface area contributed by atoms with Crippen LogP contribution in [-0.2, 0) is 32.6 Å². The fraction of sp³-hybridized carbons (Fsp3) is 0.278. The highest BCUT2D eigenvalue weighted by atomic mass is 32.2. The fourth-order valence-corrected chi connectivity index (χ4v) is 6.49. The molecule has 1 N–H and O–H groups in total. The molecule has 4 aromatic rings. The third-order valence-electron chi connectivity index (χ3n) is 7.68. The van der Waals surface area contributed by atoms with Crippen molar-refractivity contribution >= 4 is 27.5 Å². The molecule has 0 saturated heterocycles. The predicted molar refractivity (Wildman–Crippen MR) is 176 cm³/mol. The predicted octanol–water partition coefficient (Wildman–Crippen LogP) is 6.05. The average molecular weight is 630 g/mol. The van der Waals surface area contributed by atoms with Crippen LogP contribution in [0.1, 0.15) is 36.1 Å². The van der Waals surface area contributed by atoms with Crippen molar-refractivity contribution in [3.8, 4) is 0 Å². The van der Waals surface area contributed by atoms with E-state index in [0.717, 1.165) is 15.4 Å². The number of carbonyl (C=O) groups is 2. The molecule has 0 saturated carbocycles. The van der Waals surface area contributed by atoms with Crippen molar-refractivity contribution in [1.29, 1.82) is 0 Å². The summed E-state index contributed by atoms with van der Waals surface area (Å²) in [4.78, 5) is 29.8. The summed E-state index contributed by atoms with van der Waals surface area (Å²) in [7, 11) is -4.19. The molecule has 1 atom stereocenters. The third kappa shape index (κ3) is 8.57. The van der Waals surface area contributed by atoms with Gasteiger partial charge in [-0.15, -0.1) is 0 Å². The normalized spacial score (nSPS) is 12.0. The van der Waals surface area contributed by atoms with Crippen molar-refractivity contribution in [1.82, 2.24) is 10.2 Å². The number of nitrogens with one attached hydrogen (secondary N) is 1. The number of hydrogen-bond donors (Lipinski definition) is 1. The molecule has 4 aromatic carbocycles. The van der Waals surface area contributed by atoms with Crippen LogP contribution in [0.25, 0.3) is 0 Å². The van der Waals surface area contributed by atoms with Crippen LogP contribution in [0.3, 0.4) is 0 Å². The number of amides is 2. The van der Waals surface area contributed by atoms with Gasteiger partial charge >= 0.3 is 0 Å². The molecule has 236 valence electrons. The first-order valence-corrected chi connectivity index (χ1v) is 16.4. The highest BCUT2D eigenvalue weighted by molar-refractivity contribution is 7.92. The molecule has 7 nitrogen and oxygen atoms in total. The number of halogens is 1. The van der Waals surface area contributed by atoms with Crippen LogP contribution in [-0.4, -0.2) is 44.3 Å². The van der Waals surface area contributed by atoms with Crippen molar-refractivity contribution in [2.24, 2.45) is 5.92 Å². The van der Waals surface area contributed by atoms with Gasteiger partial charge in [0.2, 0.25) is 11.8 Å². The molecule has 0 unspecified atom stereocenters. The fourth-order valence-electron chi connectivity index (χ4n) is 5.00. The van der Waals surface area contributed by atoms with Crippen LogP contribution in [0.4, 0.5) is 10.1 Å². The highest BCUT2D eigenvalue weighted by Crippen LogP contribution is 2.29. The van der Waals surface area contributed by atoms with Gasteiger partial charge in [0.1, 0.15) is 18.4 Å². The van der Waals surface area contributed by atoms with Crippen molar-refractivity contribution in [2.75, 3.05) is 17.4 Å². The van der Waals surface area contributed by atoms with E-state index < -0.39 is 34.3 Å². The number of carbonyl (C=O) groups excluding carboxylic acids is 2. The molecule has 0 radical (unpaired) electrons. The van der Waals surface area contributed by atoms with E-state index in [-0.39, 0.29) is 29.7 Å². The summed E-state index contributed by atoms with van der Waals surface area (Å²) in [6.07, 6.45) is 0.201. The van der Waals surface area contributed by atoms with E-state index >= 15 is 0 Å². The number of sulfonamides is 1. The molecule has 2 amide bonds. The van der Waals surface area contributed by atoms with E-state index in [0.29, 0.717) is 23.4 Å². The lowest BCUT2D eigenvalue weighted by molar-refractivity contribution is -0.140. The van der Waals surface area contributed by atoms with Crippen molar-refractivity contribution in [3.05, 3.63) is 131 Å². The number of benzene rings is 4. The molecule has 0 aliphatic carbocycles. The summed E-state index contributed by atoms with van der Waals surface area (Å²) in [5, 5.41) is 2.97. The summed E-state index contributed by atoms with van der Waals surface area (Å²) in [6, 6.07) is 27.4. The molecular formula is C36H40FN3O4S. The summed E-state index contributed by atoms with van der Waals surface area (Å²) in [5.74, 6) is -1.18. The molecule has 0 bridgehead atoms. The van der Waals surface area contributed by atoms with Gasteiger partial charge < -0.3 is 10.2 Å². The van der Waals surface area contributed by atoms with Crippen molar-refractivity contribution in [2.45, 2.75) is 51.6 Å². The second kappa shape index (κ2) is 15.0. The zero-order valence-corrected chi connectivity index (χ0v) is 26.9. The zero-order valence-electron chi connectivity index (χ0n) is 26.1. The van der Waals surface area contributed by atoms with Gasteiger partial charge in [-0.3, -0.25) is 13.9 Å². The molecule has 0 spiro atoms. The van der Waals surface area contributed by atoms with Gasteiger partial charge in [-0.05, 0) is 72.4 Å². The van der Waals surface area contributed by atoms with Crippen LogP contribution in [0.5, 0.6) is 0 Å². The minimum absolute atomic E-state index is 0.0300. The first kappa shape index (κ1) is 33.4. The summed E-state index contributed by atoms with van der Waals surface area (Å²) < 4.78 is 43.3. The Labute approximate surface area is 265 Å². The maximum Gasteiger partial charge on any atom is 0.264 e. The minimum Gasteiger partial charge on any atom is -0.354 e. The molecule has 0 aliphatic heterocycles. The summed E-state index contributed by atoms with van der Waals surface area (Å²) in [5.41, 5.74) is 3.39. The van der Waals surface area contributed by atoms with Gasteiger partial charge in [0, 0.05) is 19.5 Å². The van der Waals surface area contributed by atoms with Crippen LogP contribution < -0.4 is 9.62 Å². The van der Waals surface area contributed by atoms with Gasteiger partial charge in [0.25, 0.3) is 10.0 Å². The Morgan fingerprint density at radius 1 is 0.800 bits per heavy atom. The maximum atomic E-state index is 14.5. The van der Waals surface area contributed by atoms with Gasteiger partial charge in [-0.1, -0.05) is 86.6 Å². The number of rotatable bonds is 13. The highest BCUT2D eigenvalue weighted by Gasteiger charge is 2.35. The Bertz CT molecular complexity index is 1700. The first-order chi connectivity index (χ1) is 21.5. The lowest BCUT2D eigenvalue weighted by Crippen LogP contribution is -2.53. The molecule has 0 fully saturated rings.